The predicted molar refractivity (Wildman–Crippen MR) is 112 cm³/mol. The number of nitrogens with one attached hydrogen (secondary N) is 1. The van der Waals surface area contributed by atoms with Crippen molar-refractivity contribution >= 4 is 18.0 Å². The van der Waals surface area contributed by atoms with Crippen LogP contribution >= 0.6 is 0 Å². The van der Waals surface area contributed by atoms with Crippen LogP contribution in [0, 0.1) is 5.82 Å². The van der Waals surface area contributed by atoms with Crippen molar-refractivity contribution in [2.45, 2.75) is 37.8 Å². The first-order chi connectivity index (χ1) is 14.6. The number of hydrogen-bond donors (Lipinski definition) is 1. The van der Waals surface area contributed by atoms with E-state index >= 15 is 0 Å². The van der Waals surface area contributed by atoms with Crippen LogP contribution in [0.3, 0.4) is 0 Å². The van der Waals surface area contributed by atoms with Gasteiger partial charge in [-0.05, 0) is 44.5 Å². The van der Waals surface area contributed by atoms with Crippen molar-refractivity contribution < 1.29 is 23.5 Å². The molecule has 0 aliphatic carbocycles. The van der Waals surface area contributed by atoms with E-state index in [1.54, 1.807) is 39.0 Å². The Balaban J connectivity index is 1.85. The summed E-state index contributed by atoms with van der Waals surface area (Å²) in [5.74, 6) is -0.829. The number of aliphatic imine (C=N–C) groups is 1. The lowest BCUT2D eigenvalue weighted by atomic mass is 9.71. The molecule has 31 heavy (non-hydrogen) atoms. The normalized spacial score (nSPS) is 24.0. The molecule has 2 heterocycles. The van der Waals surface area contributed by atoms with Crippen molar-refractivity contribution in [2.24, 2.45) is 4.99 Å². The SMILES string of the molecule is CN1C(=O)C2c3ccccc3OCC2(c2cccc(F)c2)N/C1=N/C(=O)OC(C)(C)C. The monoisotopic (exact) mass is 425 g/mol. The summed E-state index contributed by atoms with van der Waals surface area (Å²) in [4.78, 5) is 31.2. The molecule has 2 aromatic rings. The predicted octanol–water partition coefficient (Wildman–Crippen LogP) is 3.55. The van der Waals surface area contributed by atoms with Gasteiger partial charge in [0.2, 0.25) is 11.9 Å². The Bertz CT molecular complexity index is 1080. The van der Waals surface area contributed by atoms with Gasteiger partial charge in [0.15, 0.2) is 0 Å². The Morgan fingerprint density at radius 2 is 2.00 bits per heavy atom. The number of guanidine groups is 1. The molecule has 1 N–H and O–H groups in total. The van der Waals surface area contributed by atoms with Crippen molar-refractivity contribution in [3.8, 4) is 5.75 Å². The molecule has 1 saturated heterocycles. The summed E-state index contributed by atoms with van der Waals surface area (Å²) in [6.07, 6.45) is -0.834. The quantitative estimate of drug-likeness (QED) is 0.756. The molecule has 2 atom stereocenters. The lowest BCUT2D eigenvalue weighted by molar-refractivity contribution is -0.133. The van der Waals surface area contributed by atoms with Crippen molar-refractivity contribution in [1.29, 1.82) is 0 Å². The summed E-state index contributed by atoms with van der Waals surface area (Å²) in [5.41, 5.74) is -0.696. The summed E-state index contributed by atoms with van der Waals surface area (Å²) >= 11 is 0. The zero-order valence-electron chi connectivity index (χ0n) is 17.8. The van der Waals surface area contributed by atoms with Gasteiger partial charge in [-0.25, -0.2) is 9.18 Å². The lowest BCUT2D eigenvalue weighted by Gasteiger charge is -2.50. The fourth-order valence-corrected chi connectivity index (χ4v) is 3.99. The van der Waals surface area contributed by atoms with Crippen LogP contribution < -0.4 is 10.1 Å². The molecule has 162 valence electrons. The number of likely N-dealkylation sites (N-methyl/N-ethyl adjacent to an activating group) is 1. The van der Waals surface area contributed by atoms with Crippen molar-refractivity contribution in [3.63, 3.8) is 0 Å². The molecule has 0 spiro atoms. The third-order valence-electron chi connectivity index (χ3n) is 5.34. The zero-order chi connectivity index (χ0) is 22.4. The summed E-state index contributed by atoms with van der Waals surface area (Å²) in [5, 5.41) is 3.21. The van der Waals surface area contributed by atoms with E-state index in [0.717, 1.165) is 0 Å². The number of fused-ring (bicyclic) bond motifs is 3. The molecule has 0 saturated carbocycles. The molecule has 0 radical (unpaired) electrons. The number of para-hydroxylation sites is 1. The number of benzene rings is 2. The molecule has 2 amide bonds. The minimum Gasteiger partial charge on any atom is -0.490 e. The van der Waals surface area contributed by atoms with Crippen molar-refractivity contribution in [1.82, 2.24) is 10.2 Å². The van der Waals surface area contributed by atoms with Gasteiger partial charge in [0.05, 0.1) is 5.92 Å². The van der Waals surface area contributed by atoms with Crippen LogP contribution in [0.4, 0.5) is 9.18 Å². The minimum atomic E-state index is -1.15. The number of amides is 2. The number of ether oxygens (including phenoxy) is 2. The highest BCUT2D eigenvalue weighted by molar-refractivity contribution is 6.06. The Labute approximate surface area is 179 Å². The second-order valence-corrected chi connectivity index (χ2v) is 8.68. The van der Waals surface area contributed by atoms with E-state index in [4.69, 9.17) is 9.47 Å². The van der Waals surface area contributed by atoms with E-state index in [0.29, 0.717) is 16.9 Å². The molecule has 0 bridgehead atoms. The smallest absolute Gasteiger partial charge is 0.437 e. The van der Waals surface area contributed by atoms with E-state index in [9.17, 15) is 14.0 Å². The number of carbonyl (C=O) groups is 2. The first kappa shape index (κ1) is 20.8. The van der Waals surface area contributed by atoms with Crippen LogP contribution in [0.15, 0.2) is 53.5 Å². The standard InChI is InChI=1S/C23H24FN3O4/c1-22(2,3)31-21(29)25-20-26-23(14-8-7-9-15(24)12-14)13-30-17-11-6-5-10-16(17)18(23)19(28)27(20)4/h5-12,18H,13H2,1-4H3,(H,25,26,29). The molecule has 0 aromatic heterocycles. The largest absolute Gasteiger partial charge is 0.490 e. The van der Waals surface area contributed by atoms with Gasteiger partial charge >= 0.3 is 6.09 Å². The Hall–Kier alpha value is -3.42. The average molecular weight is 425 g/mol. The minimum absolute atomic E-state index is 0.0164. The van der Waals surface area contributed by atoms with Crippen LogP contribution in [0.2, 0.25) is 0 Å². The van der Waals surface area contributed by atoms with Gasteiger partial charge in [-0.1, -0.05) is 30.3 Å². The topological polar surface area (TPSA) is 80.2 Å². The number of carbonyl (C=O) groups excluding carboxylic acids is 2. The van der Waals surface area contributed by atoms with E-state index in [1.807, 2.05) is 18.2 Å². The maximum Gasteiger partial charge on any atom is 0.437 e. The summed E-state index contributed by atoms with van der Waals surface area (Å²) in [7, 11) is 1.53. The Kier molecular flexibility index (Phi) is 4.95. The van der Waals surface area contributed by atoms with Gasteiger partial charge in [-0.15, -0.1) is 4.99 Å². The number of nitrogens with zero attached hydrogens (tertiary/aromatic N) is 2. The van der Waals surface area contributed by atoms with Crippen LogP contribution in [-0.4, -0.2) is 42.1 Å². The molecule has 2 aromatic carbocycles. The molecule has 2 unspecified atom stereocenters. The van der Waals surface area contributed by atoms with E-state index in [-0.39, 0.29) is 18.5 Å². The molecule has 2 aliphatic rings. The fourth-order valence-electron chi connectivity index (χ4n) is 3.99. The van der Waals surface area contributed by atoms with Crippen LogP contribution in [-0.2, 0) is 15.1 Å². The van der Waals surface area contributed by atoms with Crippen molar-refractivity contribution in [3.05, 3.63) is 65.5 Å². The molecular formula is C23H24FN3O4. The van der Waals surface area contributed by atoms with Crippen molar-refractivity contribution in [2.75, 3.05) is 13.7 Å². The van der Waals surface area contributed by atoms with Gasteiger partial charge in [0, 0.05) is 12.6 Å². The van der Waals surface area contributed by atoms with Crippen LogP contribution in [0.1, 0.15) is 37.8 Å². The highest BCUT2D eigenvalue weighted by Gasteiger charge is 2.55. The number of hydrogen-bond acceptors (Lipinski definition) is 4. The fraction of sp³-hybridized carbons (Fsp3) is 0.348. The number of rotatable bonds is 1. The van der Waals surface area contributed by atoms with E-state index in [2.05, 4.69) is 10.3 Å². The molecular weight excluding hydrogens is 401 g/mol. The number of halogens is 1. The zero-order valence-corrected chi connectivity index (χ0v) is 17.8. The third kappa shape index (κ3) is 3.73. The highest BCUT2D eigenvalue weighted by Crippen LogP contribution is 2.47. The summed E-state index contributed by atoms with van der Waals surface area (Å²) in [6, 6.07) is 13.3. The molecule has 1 fully saturated rings. The first-order valence-electron chi connectivity index (χ1n) is 9.96. The molecule has 7 nitrogen and oxygen atoms in total. The van der Waals surface area contributed by atoms with E-state index < -0.39 is 29.0 Å². The Morgan fingerprint density at radius 1 is 1.26 bits per heavy atom. The lowest BCUT2D eigenvalue weighted by Crippen LogP contribution is -2.67. The average Bonchev–Trinajstić information content (AvgIpc) is 2.70. The van der Waals surface area contributed by atoms with Gasteiger partial charge in [-0.2, -0.15) is 0 Å². The summed E-state index contributed by atoms with van der Waals surface area (Å²) in [6.45, 7) is 5.23. The second kappa shape index (κ2) is 7.37. The van der Waals surface area contributed by atoms with Gasteiger partial charge in [0.25, 0.3) is 0 Å². The van der Waals surface area contributed by atoms with E-state index in [1.165, 1.54) is 24.1 Å². The highest BCUT2D eigenvalue weighted by atomic mass is 19.1. The molecule has 2 aliphatic heterocycles. The molecule has 8 heteroatoms. The van der Waals surface area contributed by atoms with Gasteiger partial charge < -0.3 is 14.8 Å². The second-order valence-electron chi connectivity index (χ2n) is 8.68. The van der Waals surface area contributed by atoms with Crippen LogP contribution in [0.5, 0.6) is 5.75 Å². The third-order valence-corrected chi connectivity index (χ3v) is 5.34. The Morgan fingerprint density at radius 3 is 2.71 bits per heavy atom. The van der Waals surface area contributed by atoms with Gasteiger partial charge in [0.1, 0.15) is 29.3 Å². The van der Waals surface area contributed by atoms with Crippen LogP contribution in [0.25, 0.3) is 0 Å². The summed E-state index contributed by atoms with van der Waals surface area (Å²) < 4.78 is 25.4. The maximum absolute atomic E-state index is 14.2. The maximum atomic E-state index is 14.2. The molecule has 4 rings (SSSR count). The first-order valence-corrected chi connectivity index (χ1v) is 9.96. The van der Waals surface area contributed by atoms with Gasteiger partial charge in [-0.3, -0.25) is 9.69 Å².